The Morgan fingerprint density at radius 2 is 1.96 bits per heavy atom. The van der Waals surface area contributed by atoms with Gasteiger partial charge in [-0.15, -0.1) is 0 Å². The van der Waals surface area contributed by atoms with E-state index in [0.29, 0.717) is 6.42 Å². The van der Waals surface area contributed by atoms with Crippen molar-refractivity contribution < 1.29 is 9.90 Å². The van der Waals surface area contributed by atoms with Gasteiger partial charge >= 0.3 is 0 Å². The van der Waals surface area contributed by atoms with E-state index in [4.69, 9.17) is 0 Å². The van der Waals surface area contributed by atoms with Gasteiger partial charge in [-0.2, -0.15) is 5.10 Å². The molecule has 25 heavy (non-hydrogen) atoms. The van der Waals surface area contributed by atoms with Crippen LogP contribution in [0.3, 0.4) is 0 Å². The number of carbonyl (C=O) groups excluding carboxylic acids is 1. The van der Waals surface area contributed by atoms with E-state index >= 15 is 0 Å². The predicted molar refractivity (Wildman–Crippen MR) is 97.0 cm³/mol. The smallest absolute Gasteiger partial charge is 0.222 e. The Morgan fingerprint density at radius 1 is 1.28 bits per heavy atom. The molecule has 0 spiro atoms. The zero-order valence-corrected chi connectivity index (χ0v) is 15.1. The van der Waals surface area contributed by atoms with E-state index in [2.05, 4.69) is 5.10 Å². The number of benzene rings is 1. The molecular weight excluding hydrogens is 314 g/mol. The number of hydrogen-bond donors (Lipinski definition) is 1. The van der Waals surface area contributed by atoms with Crippen molar-refractivity contribution in [3.63, 3.8) is 0 Å². The summed E-state index contributed by atoms with van der Waals surface area (Å²) >= 11 is 0. The topological polar surface area (TPSA) is 58.4 Å². The molecular formula is C20H27N3O2. The molecule has 1 aliphatic heterocycles. The molecule has 1 amide bonds. The van der Waals surface area contributed by atoms with Crippen molar-refractivity contribution in [2.24, 2.45) is 13.0 Å². The fourth-order valence-electron chi connectivity index (χ4n) is 3.68. The van der Waals surface area contributed by atoms with Crippen molar-refractivity contribution in [3.05, 3.63) is 53.3 Å². The molecule has 0 aliphatic carbocycles. The third kappa shape index (κ3) is 4.28. The summed E-state index contributed by atoms with van der Waals surface area (Å²) in [5.74, 6) is 0.433. The molecule has 2 heterocycles. The Bertz CT molecular complexity index is 703. The van der Waals surface area contributed by atoms with Crippen molar-refractivity contribution >= 4 is 5.91 Å². The number of piperidine rings is 1. The van der Waals surface area contributed by atoms with Gasteiger partial charge in [-0.1, -0.05) is 30.3 Å². The van der Waals surface area contributed by atoms with Crippen molar-refractivity contribution in [2.45, 2.75) is 38.7 Å². The molecule has 1 aromatic carbocycles. The number of nitrogens with zero attached hydrogens (tertiary/aromatic N) is 3. The largest absolute Gasteiger partial charge is 0.388 e. The Labute approximate surface area is 149 Å². The number of rotatable bonds is 5. The van der Waals surface area contributed by atoms with Crippen LogP contribution >= 0.6 is 0 Å². The highest BCUT2D eigenvalue weighted by molar-refractivity contribution is 5.76. The first-order chi connectivity index (χ1) is 12.0. The van der Waals surface area contributed by atoms with E-state index in [1.807, 2.05) is 55.4 Å². The highest BCUT2D eigenvalue weighted by Gasteiger charge is 2.28. The zero-order chi connectivity index (χ0) is 17.8. The Balaban J connectivity index is 1.48. The maximum Gasteiger partial charge on any atom is 0.222 e. The van der Waals surface area contributed by atoms with E-state index in [-0.39, 0.29) is 11.8 Å². The van der Waals surface area contributed by atoms with Gasteiger partial charge in [0.25, 0.3) is 0 Å². The van der Waals surface area contributed by atoms with Gasteiger partial charge in [-0.25, -0.2) is 0 Å². The lowest BCUT2D eigenvalue weighted by molar-refractivity contribution is -0.133. The summed E-state index contributed by atoms with van der Waals surface area (Å²) in [5.41, 5.74) is 3.12. The lowest BCUT2D eigenvalue weighted by Crippen LogP contribution is -2.39. The van der Waals surface area contributed by atoms with Gasteiger partial charge in [0, 0.05) is 32.8 Å². The van der Waals surface area contributed by atoms with Gasteiger partial charge in [-0.3, -0.25) is 9.48 Å². The van der Waals surface area contributed by atoms with Gasteiger partial charge in [0.1, 0.15) is 0 Å². The number of aryl methyl sites for hydroxylation is 3. The summed E-state index contributed by atoms with van der Waals surface area (Å²) in [5, 5.41) is 14.9. The second kappa shape index (κ2) is 7.83. The van der Waals surface area contributed by atoms with E-state index in [9.17, 15) is 9.90 Å². The number of likely N-dealkylation sites (tertiary alicyclic amines) is 1. The Kier molecular flexibility index (Phi) is 5.53. The van der Waals surface area contributed by atoms with E-state index in [1.165, 1.54) is 0 Å². The Hall–Kier alpha value is -2.14. The van der Waals surface area contributed by atoms with Crippen LogP contribution in [0.2, 0.25) is 0 Å². The fraction of sp³-hybridized carbons (Fsp3) is 0.500. The molecule has 0 saturated carbocycles. The molecule has 3 rings (SSSR count). The second-order valence-electron chi connectivity index (χ2n) is 6.99. The summed E-state index contributed by atoms with van der Waals surface area (Å²) in [7, 11) is 1.90. The third-order valence-corrected chi connectivity index (χ3v) is 5.20. The summed E-state index contributed by atoms with van der Waals surface area (Å²) in [6.45, 7) is 3.45. The minimum Gasteiger partial charge on any atom is -0.388 e. The van der Waals surface area contributed by atoms with Gasteiger partial charge in [0.05, 0.1) is 11.8 Å². The first-order valence-electron chi connectivity index (χ1n) is 9.04. The molecule has 1 unspecified atom stereocenters. The standard InChI is InChI=1S/C20H27N3O2/c1-15-18(14-22(2)21-15)8-9-19(24)23-12-10-17(11-13-23)20(25)16-6-4-3-5-7-16/h3-7,14,17,20,25H,8-13H2,1-2H3. The summed E-state index contributed by atoms with van der Waals surface area (Å²) in [6, 6.07) is 9.81. The van der Waals surface area contributed by atoms with Crippen molar-refractivity contribution in [3.8, 4) is 0 Å². The number of hydrogen-bond acceptors (Lipinski definition) is 3. The number of aliphatic hydroxyl groups is 1. The summed E-state index contributed by atoms with van der Waals surface area (Å²) < 4.78 is 1.80. The maximum atomic E-state index is 12.5. The minimum atomic E-state index is -0.434. The number of aliphatic hydroxyl groups excluding tert-OH is 1. The predicted octanol–water partition coefficient (Wildman–Crippen LogP) is 2.63. The molecule has 5 heteroatoms. The molecule has 0 bridgehead atoms. The van der Waals surface area contributed by atoms with Gasteiger partial charge in [-0.05, 0) is 43.2 Å². The average Bonchev–Trinajstić information content (AvgIpc) is 2.97. The molecule has 2 aromatic rings. The van der Waals surface area contributed by atoms with E-state index < -0.39 is 6.10 Å². The van der Waals surface area contributed by atoms with Crippen LogP contribution in [0.25, 0.3) is 0 Å². The van der Waals surface area contributed by atoms with Crippen LogP contribution in [0.4, 0.5) is 0 Å². The molecule has 1 fully saturated rings. The van der Waals surface area contributed by atoms with Crippen LogP contribution in [0.1, 0.15) is 42.2 Å². The van der Waals surface area contributed by atoms with Crippen LogP contribution in [-0.4, -0.2) is 38.8 Å². The van der Waals surface area contributed by atoms with Crippen molar-refractivity contribution in [1.29, 1.82) is 0 Å². The second-order valence-corrected chi connectivity index (χ2v) is 6.99. The molecule has 1 saturated heterocycles. The lowest BCUT2D eigenvalue weighted by Gasteiger charge is -2.34. The molecule has 1 N–H and O–H groups in total. The normalized spacial score (nSPS) is 16.8. The van der Waals surface area contributed by atoms with Crippen LogP contribution < -0.4 is 0 Å². The van der Waals surface area contributed by atoms with E-state index in [1.54, 1.807) is 4.68 Å². The molecule has 134 valence electrons. The number of aromatic nitrogens is 2. The van der Waals surface area contributed by atoms with Crippen LogP contribution in [0.15, 0.2) is 36.5 Å². The highest BCUT2D eigenvalue weighted by Crippen LogP contribution is 2.30. The SMILES string of the molecule is Cc1nn(C)cc1CCC(=O)N1CCC(C(O)c2ccccc2)CC1. The molecule has 1 aromatic heterocycles. The first kappa shape index (κ1) is 17.7. The zero-order valence-electron chi connectivity index (χ0n) is 15.1. The minimum absolute atomic E-state index is 0.205. The maximum absolute atomic E-state index is 12.5. The highest BCUT2D eigenvalue weighted by atomic mass is 16.3. The quantitative estimate of drug-likeness (QED) is 0.909. The number of amides is 1. The van der Waals surface area contributed by atoms with Crippen LogP contribution in [0, 0.1) is 12.8 Å². The van der Waals surface area contributed by atoms with E-state index in [0.717, 1.165) is 49.2 Å². The lowest BCUT2D eigenvalue weighted by atomic mass is 9.87. The van der Waals surface area contributed by atoms with Gasteiger partial charge < -0.3 is 10.0 Å². The van der Waals surface area contributed by atoms with Gasteiger partial charge in [0.2, 0.25) is 5.91 Å². The third-order valence-electron chi connectivity index (χ3n) is 5.20. The van der Waals surface area contributed by atoms with Crippen LogP contribution in [-0.2, 0) is 18.3 Å². The van der Waals surface area contributed by atoms with Crippen molar-refractivity contribution in [1.82, 2.24) is 14.7 Å². The fourth-order valence-corrected chi connectivity index (χ4v) is 3.68. The average molecular weight is 341 g/mol. The summed E-state index contributed by atoms with van der Waals surface area (Å²) in [6.07, 6.45) is 4.53. The molecule has 0 radical (unpaired) electrons. The van der Waals surface area contributed by atoms with Gasteiger partial charge in [0.15, 0.2) is 0 Å². The monoisotopic (exact) mass is 341 g/mol. The Morgan fingerprint density at radius 3 is 2.56 bits per heavy atom. The molecule has 1 atom stereocenters. The first-order valence-corrected chi connectivity index (χ1v) is 9.04. The summed E-state index contributed by atoms with van der Waals surface area (Å²) in [4.78, 5) is 14.4. The van der Waals surface area contributed by atoms with Crippen LogP contribution in [0.5, 0.6) is 0 Å². The molecule has 1 aliphatic rings. The van der Waals surface area contributed by atoms with Crippen molar-refractivity contribution in [2.75, 3.05) is 13.1 Å². The molecule has 5 nitrogen and oxygen atoms in total. The number of carbonyl (C=O) groups is 1.